The first kappa shape index (κ1) is 19.0. The van der Waals surface area contributed by atoms with Crippen LogP contribution in [0.2, 0.25) is 0 Å². The molecule has 3 rings (SSSR count). The van der Waals surface area contributed by atoms with E-state index < -0.39 is 21.9 Å². The fourth-order valence-electron chi connectivity index (χ4n) is 2.87. The number of carbonyl (C=O) groups is 2. The second-order valence-corrected chi connectivity index (χ2v) is 7.92. The summed E-state index contributed by atoms with van der Waals surface area (Å²) >= 11 is 0. The fourth-order valence-corrected chi connectivity index (χ4v) is 4.09. The number of rotatable bonds is 5. The van der Waals surface area contributed by atoms with E-state index in [0.717, 1.165) is 0 Å². The molecule has 0 spiro atoms. The highest BCUT2D eigenvalue weighted by molar-refractivity contribution is 7.89. The van der Waals surface area contributed by atoms with E-state index in [1.165, 1.54) is 60.4 Å². The molecule has 0 radical (unpaired) electrons. The number of nitrogens with one attached hydrogen (secondary N) is 2. The first-order valence-corrected chi connectivity index (χ1v) is 9.69. The largest absolute Gasteiger partial charge is 0.326 e. The van der Waals surface area contributed by atoms with E-state index in [1.54, 1.807) is 0 Å². The van der Waals surface area contributed by atoms with Gasteiger partial charge in [-0.05, 0) is 48.5 Å². The van der Waals surface area contributed by atoms with Crippen LogP contribution in [0.25, 0.3) is 0 Å². The van der Waals surface area contributed by atoms with Gasteiger partial charge in [-0.1, -0.05) is 0 Å². The van der Waals surface area contributed by atoms with Crippen LogP contribution in [0.5, 0.6) is 0 Å². The van der Waals surface area contributed by atoms with Crippen molar-refractivity contribution in [1.29, 1.82) is 0 Å². The van der Waals surface area contributed by atoms with Gasteiger partial charge in [-0.2, -0.15) is 0 Å². The van der Waals surface area contributed by atoms with Crippen LogP contribution in [-0.4, -0.2) is 32.8 Å². The van der Waals surface area contributed by atoms with Crippen molar-refractivity contribution in [2.24, 2.45) is 0 Å². The molecule has 1 saturated heterocycles. The third-order valence-electron chi connectivity index (χ3n) is 4.07. The van der Waals surface area contributed by atoms with Crippen LogP contribution in [-0.2, 0) is 19.6 Å². The number of nitrogens with zero attached hydrogens (tertiary/aromatic N) is 1. The molecule has 27 heavy (non-hydrogen) atoms. The van der Waals surface area contributed by atoms with Gasteiger partial charge in [-0.3, -0.25) is 9.59 Å². The average Bonchev–Trinajstić information content (AvgIpc) is 2.95. The van der Waals surface area contributed by atoms with Crippen molar-refractivity contribution in [3.63, 3.8) is 0 Å². The molecular weight excluding hydrogens is 373 g/mol. The van der Waals surface area contributed by atoms with Crippen LogP contribution in [0.15, 0.2) is 53.4 Å². The van der Waals surface area contributed by atoms with E-state index in [1.807, 2.05) is 0 Å². The lowest BCUT2D eigenvalue weighted by Gasteiger charge is -2.17. The van der Waals surface area contributed by atoms with Crippen LogP contribution in [0.4, 0.5) is 15.8 Å². The Hall–Kier alpha value is -2.78. The van der Waals surface area contributed by atoms with Crippen LogP contribution < -0.4 is 14.9 Å². The Morgan fingerprint density at radius 2 is 1.74 bits per heavy atom. The number of amides is 2. The number of hydrogen-bond donors (Lipinski definition) is 2. The van der Waals surface area contributed by atoms with Crippen molar-refractivity contribution in [2.75, 3.05) is 16.8 Å². The molecule has 2 N–H and O–H groups in total. The predicted molar refractivity (Wildman–Crippen MR) is 98.2 cm³/mol. The molecule has 7 nitrogen and oxygen atoms in total. The third-order valence-corrected chi connectivity index (χ3v) is 5.61. The quantitative estimate of drug-likeness (QED) is 0.813. The smallest absolute Gasteiger partial charge is 0.240 e. The van der Waals surface area contributed by atoms with Gasteiger partial charge < -0.3 is 10.2 Å². The molecule has 0 saturated carbocycles. The molecule has 0 bridgehead atoms. The lowest BCUT2D eigenvalue weighted by Crippen LogP contribution is -2.37. The number of carbonyl (C=O) groups excluding carboxylic acids is 2. The van der Waals surface area contributed by atoms with Gasteiger partial charge in [-0.15, -0.1) is 0 Å². The molecule has 1 fully saturated rings. The Morgan fingerprint density at radius 3 is 2.33 bits per heavy atom. The number of benzene rings is 2. The lowest BCUT2D eigenvalue weighted by atomic mass is 10.3. The van der Waals surface area contributed by atoms with Gasteiger partial charge in [-0.25, -0.2) is 17.5 Å². The van der Waals surface area contributed by atoms with Crippen molar-refractivity contribution in [1.82, 2.24) is 4.72 Å². The highest BCUT2D eigenvalue weighted by atomic mass is 32.2. The average molecular weight is 391 g/mol. The molecule has 0 aromatic heterocycles. The van der Waals surface area contributed by atoms with Gasteiger partial charge in [0.1, 0.15) is 5.82 Å². The van der Waals surface area contributed by atoms with Crippen molar-refractivity contribution in [2.45, 2.75) is 24.3 Å². The molecule has 142 valence electrons. The van der Waals surface area contributed by atoms with Crippen molar-refractivity contribution < 1.29 is 22.4 Å². The molecule has 1 atom stereocenters. The number of sulfonamides is 1. The van der Waals surface area contributed by atoms with Crippen molar-refractivity contribution in [3.05, 3.63) is 54.3 Å². The summed E-state index contributed by atoms with van der Waals surface area (Å²) in [6.07, 6.45) is 0.0145. The van der Waals surface area contributed by atoms with Crippen LogP contribution in [0.1, 0.15) is 13.3 Å². The highest BCUT2D eigenvalue weighted by Gasteiger charge is 2.33. The van der Waals surface area contributed by atoms with Gasteiger partial charge in [0.05, 0.1) is 4.90 Å². The molecule has 2 amide bonds. The highest BCUT2D eigenvalue weighted by Crippen LogP contribution is 2.23. The second kappa shape index (κ2) is 7.45. The summed E-state index contributed by atoms with van der Waals surface area (Å²) in [7, 11) is -3.83. The van der Waals surface area contributed by atoms with E-state index >= 15 is 0 Å². The lowest BCUT2D eigenvalue weighted by molar-refractivity contribution is -0.117. The topological polar surface area (TPSA) is 95.6 Å². The molecule has 9 heteroatoms. The van der Waals surface area contributed by atoms with Crippen molar-refractivity contribution >= 4 is 33.2 Å². The first-order chi connectivity index (χ1) is 12.7. The Morgan fingerprint density at radius 1 is 1.11 bits per heavy atom. The van der Waals surface area contributed by atoms with Gasteiger partial charge in [0, 0.05) is 37.3 Å². The normalized spacial score (nSPS) is 17.2. The van der Waals surface area contributed by atoms with Gasteiger partial charge in [0.15, 0.2) is 0 Å². The zero-order valence-corrected chi connectivity index (χ0v) is 15.3. The number of hydrogen-bond acceptors (Lipinski definition) is 4. The van der Waals surface area contributed by atoms with E-state index in [9.17, 15) is 22.4 Å². The van der Waals surface area contributed by atoms with E-state index in [2.05, 4.69) is 10.0 Å². The molecule has 1 aliphatic heterocycles. The summed E-state index contributed by atoms with van der Waals surface area (Å²) in [5, 5.41) is 2.56. The van der Waals surface area contributed by atoms with E-state index in [0.29, 0.717) is 11.4 Å². The molecule has 1 aliphatic rings. The molecule has 0 aliphatic carbocycles. The fraction of sp³-hybridized carbons (Fsp3) is 0.222. The Kier molecular flexibility index (Phi) is 5.24. The Labute approximate surface area is 156 Å². The Bertz CT molecular complexity index is 959. The summed E-state index contributed by atoms with van der Waals surface area (Å²) < 4.78 is 40.6. The SMILES string of the molecule is CC(=O)Nc1ccc(S(=O)(=O)NC2CC(=O)N(c3ccc(F)cc3)C2)cc1. The summed E-state index contributed by atoms with van der Waals surface area (Å²) in [6.45, 7) is 1.52. The van der Waals surface area contributed by atoms with Crippen LogP contribution in [0.3, 0.4) is 0 Å². The van der Waals surface area contributed by atoms with E-state index in [-0.39, 0.29) is 29.7 Å². The molecular formula is C18H18FN3O4S. The minimum atomic E-state index is -3.83. The van der Waals surface area contributed by atoms with Gasteiger partial charge in [0.25, 0.3) is 0 Å². The van der Waals surface area contributed by atoms with Gasteiger partial charge in [0.2, 0.25) is 21.8 Å². The number of anilines is 2. The molecule has 1 unspecified atom stereocenters. The molecule has 2 aromatic carbocycles. The first-order valence-electron chi connectivity index (χ1n) is 8.20. The summed E-state index contributed by atoms with van der Waals surface area (Å²) in [5.74, 6) is -0.908. The number of halogens is 1. The van der Waals surface area contributed by atoms with Crippen LogP contribution in [0, 0.1) is 5.82 Å². The zero-order chi connectivity index (χ0) is 19.6. The summed E-state index contributed by atoms with van der Waals surface area (Å²) in [5.41, 5.74) is 1.00. The van der Waals surface area contributed by atoms with Crippen LogP contribution >= 0.6 is 0 Å². The predicted octanol–water partition coefficient (Wildman–Crippen LogP) is 1.87. The summed E-state index contributed by atoms with van der Waals surface area (Å²) in [6, 6.07) is 10.6. The summed E-state index contributed by atoms with van der Waals surface area (Å²) in [4.78, 5) is 24.7. The minimum Gasteiger partial charge on any atom is -0.326 e. The maximum atomic E-state index is 13.0. The van der Waals surface area contributed by atoms with Crippen molar-refractivity contribution in [3.8, 4) is 0 Å². The van der Waals surface area contributed by atoms with E-state index in [4.69, 9.17) is 0 Å². The van der Waals surface area contributed by atoms with Gasteiger partial charge >= 0.3 is 0 Å². The Balaban J connectivity index is 1.70. The second-order valence-electron chi connectivity index (χ2n) is 6.21. The standard InChI is InChI=1S/C18H18FN3O4S/c1-12(23)20-14-4-8-17(9-5-14)27(25,26)21-15-10-18(24)22(11-15)16-6-2-13(19)3-7-16/h2-9,15,21H,10-11H2,1H3,(H,20,23). The molecule has 1 heterocycles. The molecule has 2 aromatic rings. The minimum absolute atomic E-state index is 0.0145. The third kappa shape index (κ3) is 4.50. The monoisotopic (exact) mass is 391 g/mol. The maximum Gasteiger partial charge on any atom is 0.240 e. The zero-order valence-electron chi connectivity index (χ0n) is 14.5. The maximum absolute atomic E-state index is 13.0.